The van der Waals surface area contributed by atoms with Gasteiger partial charge in [-0.2, -0.15) is 0 Å². The number of hydrogen-bond acceptors (Lipinski definition) is 4. The van der Waals surface area contributed by atoms with Crippen molar-refractivity contribution in [2.75, 3.05) is 59.1 Å². The van der Waals surface area contributed by atoms with Gasteiger partial charge in [-0.3, -0.25) is 0 Å². The molecule has 0 aromatic carbocycles. The Bertz CT molecular complexity index is 125. The summed E-state index contributed by atoms with van der Waals surface area (Å²) in [6.07, 6.45) is 3.50. The fraction of sp³-hybridized carbons (Fsp3) is 1.00. The van der Waals surface area contributed by atoms with Crippen LogP contribution in [-0.2, 0) is 14.2 Å². The van der Waals surface area contributed by atoms with Crippen molar-refractivity contribution in [2.45, 2.75) is 19.3 Å². The van der Waals surface area contributed by atoms with Gasteiger partial charge in [-0.05, 0) is 19.4 Å². The van der Waals surface area contributed by atoms with E-state index in [1.54, 1.807) is 7.11 Å². The van der Waals surface area contributed by atoms with Gasteiger partial charge in [0.25, 0.3) is 0 Å². The third kappa shape index (κ3) is 16.1. The summed E-state index contributed by atoms with van der Waals surface area (Å²) in [7, 11) is 1.67. The molecule has 0 rings (SSSR count). The summed E-state index contributed by atoms with van der Waals surface area (Å²) >= 11 is 5.58. The lowest BCUT2D eigenvalue weighted by Gasteiger charge is -2.06. The number of hydrogen-bond donors (Lipinski definition) is 1. The normalized spacial score (nSPS) is 10.9. The third-order valence-corrected chi connectivity index (χ3v) is 2.48. The van der Waals surface area contributed by atoms with Gasteiger partial charge < -0.3 is 19.5 Å². The smallest absolute Gasteiger partial charge is 0.0701 e. The van der Waals surface area contributed by atoms with Gasteiger partial charge in [-0.15, -0.1) is 11.6 Å². The van der Waals surface area contributed by atoms with Crippen molar-refractivity contribution in [3.63, 3.8) is 0 Å². The molecule has 0 saturated heterocycles. The molecule has 0 spiro atoms. The highest BCUT2D eigenvalue weighted by Gasteiger charge is 1.91. The molecule has 17 heavy (non-hydrogen) atoms. The number of halogens is 1. The Morgan fingerprint density at radius 2 is 1.53 bits per heavy atom. The first-order valence-electron chi connectivity index (χ1n) is 6.33. The molecule has 0 atom stereocenters. The molecule has 0 heterocycles. The standard InChI is InChI=1S/C12H26ClNO3/c1-15-9-10-17-12-11-16-8-7-14-6-4-2-3-5-13/h14H,2-12H2,1H3. The van der Waals surface area contributed by atoms with Gasteiger partial charge in [0, 0.05) is 19.5 Å². The molecular weight excluding hydrogens is 242 g/mol. The monoisotopic (exact) mass is 267 g/mol. The Labute approximate surface area is 110 Å². The summed E-state index contributed by atoms with van der Waals surface area (Å²) in [4.78, 5) is 0. The summed E-state index contributed by atoms with van der Waals surface area (Å²) in [5.74, 6) is 0.770. The summed E-state index contributed by atoms with van der Waals surface area (Å²) < 4.78 is 15.5. The van der Waals surface area contributed by atoms with Crippen LogP contribution < -0.4 is 5.32 Å². The highest BCUT2D eigenvalue weighted by atomic mass is 35.5. The number of nitrogens with one attached hydrogen (secondary N) is 1. The minimum atomic E-state index is 0.638. The number of methoxy groups -OCH3 is 1. The SMILES string of the molecule is COCCOCCOCCNCCCCCCl. The lowest BCUT2D eigenvalue weighted by atomic mass is 10.2. The van der Waals surface area contributed by atoms with Gasteiger partial charge in [-0.1, -0.05) is 6.42 Å². The van der Waals surface area contributed by atoms with Crippen LogP contribution in [0.5, 0.6) is 0 Å². The van der Waals surface area contributed by atoms with Crippen LogP contribution in [0.3, 0.4) is 0 Å². The Balaban J connectivity index is 2.85. The number of rotatable bonds is 14. The highest BCUT2D eigenvalue weighted by molar-refractivity contribution is 6.17. The van der Waals surface area contributed by atoms with Crippen LogP contribution in [0, 0.1) is 0 Å². The molecule has 0 aliphatic rings. The van der Waals surface area contributed by atoms with Crippen molar-refractivity contribution in [3.05, 3.63) is 0 Å². The summed E-state index contributed by atoms with van der Waals surface area (Å²) in [6.45, 7) is 5.26. The average molecular weight is 268 g/mol. The first kappa shape index (κ1) is 17.1. The van der Waals surface area contributed by atoms with Gasteiger partial charge in [-0.25, -0.2) is 0 Å². The molecule has 0 aromatic heterocycles. The number of unbranched alkanes of at least 4 members (excludes halogenated alkanes) is 2. The van der Waals surface area contributed by atoms with E-state index in [0.717, 1.165) is 32.0 Å². The van der Waals surface area contributed by atoms with Gasteiger partial charge in [0.2, 0.25) is 0 Å². The second-order valence-electron chi connectivity index (χ2n) is 3.72. The first-order valence-corrected chi connectivity index (χ1v) is 6.86. The Morgan fingerprint density at radius 3 is 2.24 bits per heavy atom. The fourth-order valence-corrected chi connectivity index (χ4v) is 1.44. The highest BCUT2D eigenvalue weighted by Crippen LogP contribution is 1.95. The number of ether oxygens (including phenoxy) is 3. The van der Waals surface area contributed by atoms with Crippen LogP contribution >= 0.6 is 11.6 Å². The maximum atomic E-state index is 5.58. The van der Waals surface area contributed by atoms with Crippen molar-refractivity contribution in [1.82, 2.24) is 5.32 Å². The van der Waals surface area contributed by atoms with Crippen molar-refractivity contribution in [1.29, 1.82) is 0 Å². The van der Waals surface area contributed by atoms with E-state index >= 15 is 0 Å². The van der Waals surface area contributed by atoms with E-state index in [1.165, 1.54) is 12.8 Å². The quantitative estimate of drug-likeness (QED) is 0.384. The van der Waals surface area contributed by atoms with Gasteiger partial charge >= 0.3 is 0 Å². The maximum absolute atomic E-state index is 5.58. The van der Waals surface area contributed by atoms with E-state index in [2.05, 4.69) is 5.32 Å². The molecular formula is C12H26ClNO3. The largest absolute Gasteiger partial charge is 0.382 e. The Morgan fingerprint density at radius 1 is 0.824 bits per heavy atom. The molecule has 0 unspecified atom stereocenters. The second kappa shape index (κ2) is 16.1. The third-order valence-electron chi connectivity index (χ3n) is 2.21. The zero-order valence-corrected chi connectivity index (χ0v) is 11.6. The predicted octanol–water partition coefficient (Wildman–Crippen LogP) is 1.66. The molecule has 0 aliphatic carbocycles. The van der Waals surface area contributed by atoms with Crippen molar-refractivity contribution in [3.8, 4) is 0 Å². The van der Waals surface area contributed by atoms with Crippen molar-refractivity contribution >= 4 is 11.6 Å². The predicted molar refractivity (Wildman–Crippen MR) is 71.0 cm³/mol. The average Bonchev–Trinajstić information content (AvgIpc) is 2.35. The lowest BCUT2D eigenvalue weighted by molar-refractivity contribution is 0.0256. The van der Waals surface area contributed by atoms with E-state index in [0.29, 0.717) is 26.4 Å². The topological polar surface area (TPSA) is 39.7 Å². The van der Waals surface area contributed by atoms with Crippen molar-refractivity contribution < 1.29 is 14.2 Å². The molecule has 5 heteroatoms. The zero-order chi connectivity index (χ0) is 12.6. The van der Waals surface area contributed by atoms with Gasteiger partial charge in [0.1, 0.15) is 0 Å². The molecule has 0 saturated carbocycles. The Kier molecular flexibility index (Phi) is 16.3. The minimum absolute atomic E-state index is 0.638. The summed E-state index contributed by atoms with van der Waals surface area (Å²) in [5, 5.41) is 3.33. The molecule has 4 nitrogen and oxygen atoms in total. The van der Waals surface area contributed by atoms with E-state index < -0.39 is 0 Å². The zero-order valence-electron chi connectivity index (χ0n) is 10.9. The molecule has 0 amide bonds. The van der Waals surface area contributed by atoms with Crippen LogP contribution in [0.2, 0.25) is 0 Å². The molecule has 0 fully saturated rings. The van der Waals surface area contributed by atoms with Crippen LogP contribution in [-0.4, -0.2) is 59.1 Å². The van der Waals surface area contributed by atoms with Crippen LogP contribution in [0.25, 0.3) is 0 Å². The van der Waals surface area contributed by atoms with E-state index in [9.17, 15) is 0 Å². The van der Waals surface area contributed by atoms with Crippen molar-refractivity contribution in [2.24, 2.45) is 0 Å². The maximum Gasteiger partial charge on any atom is 0.0701 e. The molecule has 104 valence electrons. The van der Waals surface area contributed by atoms with Crippen LogP contribution in [0.1, 0.15) is 19.3 Å². The van der Waals surface area contributed by atoms with E-state index in [-0.39, 0.29) is 0 Å². The molecule has 1 N–H and O–H groups in total. The van der Waals surface area contributed by atoms with Crippen LogP contribution in [0.15, 0.2) is 0 Å². The van der Waals surface area contributed by atoms with E-state index in [1.807, 2.05) is 0 Å². The van der Waals surface area contributed by atoms with Gasteiger partial charge in [0.15, 0.2) is 0 Å². The molecule has 0 radical (unpaired) electrons. The fourth-order valence-electron chi connectivity index (χ4n) is 1.25. The summed E-state index contributed by atoms with van der Waals surface area (Å²) in [6, 6.07) is 0. The molecule has 0 bridgehead atoms. The van der Waals surface area contributed by atoms with Gasteiger partial charge in [0.05, 0.1) is 33.0 Å². The second-order valence-corrected chi connectivity index (χ2v) is 4.10. The molecule has 0 aliphatic heterocycles. The van der Waals surface area contributed by atoms with Crippen LogP contribution in [0.4, 0.5) is 0 Å². The lowest BCUT2D eigenvalue weighted by Crippen LogP contribution is -2.21. The minimum Gasteiger partial charge on any atom is -0.382 e. The Hall–Kier alpha value is 0.130. The first-order chi connectivity index (χ1) is 8.41. The van der Waals surface area contributed by atoms with E-state index in [4.69, 9.17) is 25.8 Å². The summed E-state index contributed by atoms with van der Waals surface area (Å²) in [5.41, 5.74) is 0. The number of alkyl halides is 1. The molecule has 0 aromatic rings.